The summed E-state index contributed by atoms with van der Waals surface area (Å²) in [6.07, 6.45) is 2.11. The van der Waals surface area contributed by atoms with Gasteiger partial charge in [0.15, 0.2) is 0 Å². The average Bonchev–Trinajstić information content (AvgIpc) is 3.20. The third-order valence-corrected chi connectivity index (χ3v) is 5.19. The van der Waals surface area contributed by atoms with E-state index in [0.717, 1.165) is 16.3 Å². The van der Waals surface area contributed by atoms with Crippen LogP contribution in [0.3, 0.4) is 0 Å². The topological polar surface area (TPSA) is 79.5 Å². The second-order valence-corrected chi connectivity index (χ2v) is 7.86. The molecule has 0 radical (unpaired) electrons. The SMILES string of the molecule is CCSC1=CC(CNC(=O)[C@H](Cc2ccccc2)NC(=O)c2ccccc2)ON1. The minimum absolute atomic E-state index is 0.241. The van der Waals surface area contributed by atoms with Crippen molar-refractivity contribution in [3.63, 3.8) is 0 Å². The van der Waals surface area contributed by atoms with E-state index in [4.69, 9.17) is 4.84 Å². The molecule has 0 aromatic heterocycles. The van der Waals surface area contributed by atoms with E-state index in [1.54, 1.807) is 36.0 Å². The van der Waals surface area contributed by atoms with Gasteiger partial charge in [0.05, 0.1) is 11.6 Å². The molecule has 0 aliphatic carbocycles. The van der Waals surface area contributed by atoms with Crippen LogP contribution in [-0.4, -0.2) is 36.3 Å². The van der Waals surface area contributed by atoms with E-state index in [1.165, 1.54) is 0 Å². The molecule has 7 heteroatoms. The molecule has 1 aliphatic rings. The molecule has 3 N–H and O–H groups in total. The number of hydrogen-bond acceptors (Lipinski definition) is 5. The summed E-state index contributed by atoms with van der Waals surface area (Å²) >= 11 is 1.65. The maximum absolute atomic E-state index is 12.9. The number of rotatable bonds is 9. The number of thioether (sulfide) groups is 1. The number of carbonyl (C=O) groups is 2. The van der Waals surface area contributed by atoms with E-state index in [1.807, 2.05) is 42.5 Å². The first-order chi connectivity index (χ1) is 14.2. The van der Waals surface area contributed by atoms with Gasteiger partial charge in [-0.2, -0.15) is 0 Å². The molecule has 29 heavy (non-hydrogen) atoms. The fourth-order valence-electron chi connectivity index (χ4n) is 2.92. The average molecular weight is 412 g/mol. The molecule has 1 aliphatic heterocycles. The predicted octanol–water partition coefficient (Wildman–Crippen LogP) is 2.64. The highest BCUT2D eigenvalue weighted by Crippen LogP contribution is 2.18. The number of nitrogens with one attached hydrogen (secondary N) is 3. The zero-order chi connectivity index (χ0) is 20.5. The summed E-state index contributed by atoms with van der Waals surface area (Å²) in [5.74, 6) is 0.417. The van der Waals surface area contributed by atoms with Crippen LogP contribution in [0.15, 0.2) is 71.8 Å². The summed E-state index contributed by atoms with van der Waals surface area (Å²) in [5, 5.41) is 6.70. The fourth-order valence-corrected chi connectivity index (χ4v) is 3.58. The lowest BCUT2D eigenvalue weighted by Crippen LogP contribution is -2.49. The molecule has 152 valence electrons. The Hall–Kier alpha value is -2.77. The standard InChI is InChI=1S/C22H25N3O3S/c1-2-29-20-14-18(28-25-20)15-23-22(27)19(13-16-9-5-3-6-10-16)24-21(26)17-11-7-4-8-12-17/h3-12,14,18-19,25H,2,13,15H2,1H3,(H,23,27)(H,24,26)/t18?,19-/m0/s1. The smallest absolute Gasteiger partial charge is 0.251 e. The molecule has 0 fully saturated rings. The van der Waals surface area contributed by atoms with Crippen molar-refractivity contribution in [2.75, 3.05) is 12.3 Å². The molecule has 2 aromatic carbocycles. The van der Waals surface area contributed by atoms with Gasteiger partial charge >= 0.3 is 0 Å². The van der Waals surface area contributed by atoms with Crippen molar-refractivity contribution >= 4 is 23.6 Å². The van der Waals surface area contributed by atoms with Crippen molar-refractivity contribution in [1.82, 2.24) is 16.1 Å². The minimum Gasteiger partial charge on any atom is -0.351 e. The Morgan fingerprint density at radius 3 is 2.48 bits per heavy atom. The molecule has 0 saturated carbocycles. The molecule has 0 spiro atoms. The highest BCUT2D eigenvalue weighted by atomic mass is 32.2. The van der Waals surface area contributed by atoms with Crippen LogP contribution in [0, 0.1) is 0 Å². The number of hydrogen-bond donors (Lipinski definition) is 3. The van der Waals surface area contributed by atoms with Gasteiger partial charge in [-0.15, -0.1) is 11.8 Å². The fraction of sp³-hybridized carbons (Fsp3) is 0.273. The molecule has 2 amide bonds. The van der Waals surface area contributed by atoms with E-state index in [9.17, 15) is 9.59 Å². The van der Waals surface area contributed by atoms with E-state index >= 15 is 0 Å². The first kappa shape index (κ1) is 21.0. The van der Waals surface area contributed by atoms with Crippen LogP contribution in [-0.2, 0) is 16.1 Å². The molecular weight excluding hydrogens is 386 g/mol. The summed E-state index contributed by atoms with van der Waals surface area (Å²) in [6.45, 7) is 2.39. The molecule has 0 saturated heterocycles. The molecule has 3 rings (SSSR count). The predicted molar refractivity (Wildman–Crippen MR) is 115 cm³/mol. The van der Waals surface area contributed by atoms with Crippen molar-refractivity contribution < 1.29 is 14.4 Å². The first-order valence-corrected chi connectivity index (χ1v) is 10.6. The lowest BCUT2D eigenvalue weighted by Gasteiger charge is -2.19. The monoisotopic (exact) mass is 411 g/mol. The van der Waals surface area contributed by atoms with Gasteiger partial charge in [-0.3, -0.25) is 19.9 Å². The van der Waals surface area contributed by atoms with E-state index in [-0.39, 0.29) is 17.9 Å². The summed E-state index contributed by atoms with van der Waals surface area (Å²) in [7, 11) is 0. The largest absolute Gasteiger partial charge is 0.351 e. The van der Waals surface area contributed by atoms with Gasteiger partial charge in [-0.1, -0.05) is 55.5 Å². The van der Waals surface area contributed by atoms with E-state index in [2.05, 4.69) is 23.0 Å². The second-order valence-electron chi connectivity index (χ2n) is 6.55. The quantitative estimate of drug-likeness (QED) is 0.591. The summed E-state index contributed by atoms with van der Waals surface area (Å²) < 4.78 is 0. The van der Waals surface area contributed by atoms with E-state index in [0.29, 0.717) is 18.5 Å². The Kier molecular flexibility index (Phi) is 7.72. The van der Waals surface area contributed by atoms with Crippen molar-refractivity contribution in [3.8, 4) is 0 Å². The summed E-state index contributed by atoms with van der Waals surface area (Å²) in [5.41, 5.74) is 4.35. The Labute approximate surface area is 175 Å². The van der Waals surface area contributed by atoms with Crippen LogP contribution < -0.4 is 16.1 Å². The number of amides is 2. The number of benzene rings is 2. The first-order valence-electron chi connectivity index (χ1n) is 9.59. The van der Waals surface area contributed by atoms with Crippen LogP contribution in [0.5, 0.6) is 0 Å². The minimum atomic E-state index is -0.687. The molecule has 1 unspecified atom stereocenters. The van der Waals surface area contributed by atoms with Crippen molar-refractivity contribution in [2.45, 2.75) is 25.5 Å². The molecule has 0 bridgehead atoms. The molecular formula is C22H25N3O3S. The van der Waals surface area contributed by atoms with Gasteiger partial charge in [-0.25, -0.2) is 0 Å². The van der Waals surface area contributed by atoms with Crippen LogP contribution in [0.1, 0.15) is 22.8 Å². The Balaban J connectivity index is 1.63. The van der Waals surface area contributed by atoms with Gasteiger partial charge in [0, 0.05) is 12.0 Å². The van der Waals surface area contributed by atoms with Crippen molar-refractivity contribution in [3.05, 3.63) is 82.9 Å². The van der Waals surface area contributed by atoms with E-state index < -0.39 is 6.04 Å². The van der Waals surface area contributed by atoms with Gasteiger partial charge in [0.1, 0.15) is 12.1 Å². The molecule has 2 atom stereocenters. The summed E-state index contributed by atoms with van der Waals surface area (Å²) in [4.78, 5) is 30.9. The Bertz CT molecular complexity index is 843. The zero-order valence-electron chi connectivity index (χ0n) is 16.3. The maximum atomic E-state index is 12.9. The van der Waals surface area contributed by atoms with Crippen LogP contribution in [0.2, 0.25) is 0 Å². The Morgan fingerprint density at radius 2 is 1.79 bits per heavy atom. The lowest BCUT2D eigenvalue weighted by atomic mass is 10.0. The highest BCUT2D eigenvalue weighted by Gasteiger charge is 2.24. The third kappa shape index (κ3) is 6.37. The zero-order valence-corrected chi connectivity index (χ0v) is 17.1. The number of carbonyl (C=O) groups excluding carboxylic acids is 2. The number of hydroxylamine groups is 1. The summed E-state index contributed by atoms with van der Waals surface area (Å²) in [6, 6.07) is 17.8. The van der Waals surface area contributed by atoms with Crippen molar-refractivity contribution in [1.29, 1.82) is 0 Å². The second kappa shape index (κ2) is 10.7. The van der Waals surface area contributed by atoms with Gasteiger partial charge < -0.3 is 10.6 Å². The molecule has 1 heterocycles. The van der Waals surface area contributed by atoms with Gasteiger partial charge in [0.25, 0.3) is 5.91 Å². The highest BCUT2D eigenvalue weighted by molar-refractivity contribution is 8.02. The van der Waals surface area contributed by atoms with Gasteiger partial charge in [-0.05, 0) is 29.5 Å². The molecule has 2 aromatic rings. The third-order valence-electron chi connectivity index (χ3n) is 4.37. The lowest BCUT2D eigenvalue weighted by molar-refractivity contribution is -0.123. The van der Waals surface area contributed by atoms with Crippen LogP contribution in [0.4, 0.5) is 0 Å². The van der Waals surface area contributed by atoms with Crippen LogP contribution >= 0.6 is 11.8 Å². The maximum Gasteiger partial charge on any atom is 0.251 e. The Morgan fingerprint density at radius 1 is 1.10 bits per heavy atom. The normalized spacial score (nSPS) is 16.4. The van der Waals surface area contributed by atoms with Gasteiger partial charge in [0.2, 0.25) is 5.91 Å². The van der Waals surface area contributed by atoms with Crippen molar-refractivity contribution in [2.24, 2.45) is 0 Å². The molecule has 6 nitrogen and oxygen atoms in total. The van der Waals surface area contributed by atoms with Crippen LogP contribution in [0.25, 0.3) is 0 Å².